The number of carbonyl (C=O) groups is 1. The third-order valence-corrected chi connectivity index (χ3v) is 18.4. The van der Waals surface area contributed by atoms with E-state index < -0.39 is 37.0 Å². The molecule has 1 spiro atoms. The number of amides is 1. The van der Waals surface area contributed by atoms with Crippen molar-refractivity contribution in [3.8, 4) is 23.0 Å². The number of fused-ring (bicyclic) bond motifs is 2. The molecule has 0 unspecified atom stereocenters. The van der Waals surface area contributed by atoms with E-state index in [1.54, 1.807) is 31.5 Å². The number of anilines is 2. The standard InChI is InChI=1S/C59H70N8O9S/c1-37(2)45-9-7-8-10-46(45)51-33-64(32-39-23-48-54(53(24-39)74-6)75-36-57(48,3)4)21-22-66(51)42-28-59(29-42)34-65(35-59)41-11-13-47(52(26-41)76-43-25-40-17-20-60-55(40)62-31-43)56(68)63-77(72,73)44-12-14-49(50(27-44)67(70)71)61-30-38-15-18-58(5,69)19-16-38/h7-14,17,20,23-27,31,37-38,42,51,61,69H,15-16,18-19,21-22,28-30,32-36H2,1-6H3,(H,60,62)(H,63,68)/t38?,51-,58?/m0/s1. The number of aliphatic hydroxyl groups is 1. The van der Waals surface area contributed by atoms with Crippen molar-refractivity contribution in [1.29, 1.82) is 0 Å². The van der Waals surface area contributed by atoms with Gasteiger partial charge in [-0.05, 0) is 123 Å². The first-order valence-corrected chi connectivity index (χ1v) is 28.5. The van der Waals surface area contributed by atoms with Gasteiger partial charge in [0.1, 0.15) is 22.8 Å². The number of nitrogens with one attached hydrogen (secondary N) is 3. The highest BCUT2D eigenvalue weighted by Gasteiger charge is 2.55. The largest absolute Gasteiger partial charge is 0.493 e. The Hall–Kier alpha value is -6.73. The first-order chi connectivity index (χ1) is 36.8. The molecule has 17 nitrogen and oxygen atoms in total. The number of benzene rings is 4. The van der Waals surface area contributed by atoms with Gasteiger partial charge in [0.05, 0.1) is 40.9 Å². The molecule has 2 aliphatic carbocycles. The zero-order valence-corrected chi connectivity index (χ0v) is 45.6. The van der Waals surface area contributed by atoms with Gasteiger partial charge >= 0.3 is 0 Å². The van der Waals surface area contributed by atoms with E-state index in [1.165, 1.54) is 40.6 Å². The number of hydrogen-bond donors (Lipinski definition) is 4. The monoisotopic (exact) mass is 1070 g/mol. The van der Waals surface area contributed by atoms with Crippen molar-refractivity contribution in [2.45, 2.75) is 114 Å². The van der Waals surface area contributed by atoms with Gasteiger partial charge in [-0.1, -0.05) is 52.0 Å². The summed E-state index contributed by atoms with van der Waals surface area (Å²) in [5.41, 5.74) is 5.73. The first-order valence-electron chi connectivity index (χ1n) is 27.0. The number of piperazine rings is 1. The zero-order valence-electron chi connectivity index (χ0n) is 44.8. The summed E-state index contributed by atoms with van der Waals surface area (Å²) in [5.74, 6) is 1.76. The number of nitro groups is 1. The van der Waals surface area contributed by atoms with Crippen molar-refractivity contribution in [2.24, 2.45) is 11.3 Å². The van der Waals surface area contributed by atoms with E-state index in [0.29, 0.717) is 49.3 Å². The predicted molar refractivity (Wildman–Crippen MR) is 296 cm³/mol. The van der Waals surface area contributed by atoms with Crippen LogP contribution in [0, 0.1) is 21.4 Å². The minimum absolute atomic E-state index is 0.0373. The van der Waals surface area contributed by atoms with E-state index in [-0.39, 0.29) is 39.8 Å². The van der Waals surface area contributed by atoms with Gasteiger partial charge in [-0.3, -0.25) is 24.7 Å². The maximum Gasteiger partial charge on any atom is 0.293 e. The van der Waals surface area contributed by atoms with Crippen LogP contribution in [-0.4, -0.2) is 109 Å². The molecule has 6 aromatic rings. The topological polar surface area (TPSA) is 205 Å². The summed E-state index contributed by atoms with van der Waals surface area (Å²) >= 11 is 0. The van der Waals surface area contributed by atoms with Crippen LogP contribution in [0.15, 0.2) is 102 Å². The molecule has 406 valence electrons. The molecule has 0 bridgehead atoms. The third kappa shape index (κ3) is 10.6. The van der Waals surface area contributed by atoms with Crippen molar-refractivity contribution in [3.63, 3.8) is 0 Å². The Balaban J connectivity index is 0.791. The number of pyridine rings is 1. The van der Waals surface area contributed by atoms with Crippen LogP contribution in [0.3, 0.4) is 0 Å². The second-order valence-corrected chi connectivity index (χ2v) is 25.3. The van der Waals surface area contributed by atoms with Crippen LogP contribution in [0.25, 0.3) is 11.0 Å². The molecule has 11 rings (SSSR count). The number of rotatable bonds is 16. The maximum atomic E-state index is 14.1. The molecule has 18 heteroatoms. The average Bonchev–Trinajstić information content (AvgIpc) is 4.06. The lowest BCUT2D eigenvalue weighted by Crippen LogP contribution is -2.68. The van der Waals surface area contributed by atoms with Gasteiger partial charge in [0.25, 0.3) is 21.6 Å². The molecule has 5 heterocycles. The van der Waals surface area contributed by atoms with Crippen molar-refractivity contribution < 1.29 is 37.5 Å². The maximum absolute atomic E-state index is 14.1. The number of H-pyrrole nitrogens is 1. The summed E-state index contributed by atoms with van der Waals surface area (Å²) in [6, 6.07) is 26.4. The van der Waals surface area contributed by atoms with Gasteiger partial charge in [-0.15, -0.1) is 0 Å². The SMILES string of the molecule is COc1cc(CN2CCN(C3CC4(C3)CN(c3ccc(C(=O)NS(=O)(=O)c5ccc(NCC6CCC(C)(O)CC6)c([N+](=O)[O-])c5)c(Oc5cnc6[nH]ccc6c5)c3)C4)[C@H](c3ccccc3C(C)C)C2)cc2c1OCC2(C)C. The highest BCUT2D eigenvalue weighted by molar-refractivity contribution is 7.90. The first kappa shape index (κ1) is 52.3. The van der Waals surface area contributed by atoms with Crippen LogP contribution in [0.5, 0.6) is 23.0 Å². The van der Waals surface area contributed by atoms with Gasteiger partial charge in [-0.25, -0.2) is 18.1 Å². The van der Waals surface area contributed by atoms with Gasteiger partial charge in [0.15, 0.2) is 11.5 Å². The molecule has 0 radical (unpaired) electrons. The number of sulfonamides is 1. The number of aromatic amines is 1. The van der Waals surface area contributed by atoms with E-state index in [4.69, 9.17) is 14.2 Å². The Bertz CT molecular complexity index is 3330. The molecule has 2 aromatic heterocycles. The lowest BCUT2D eigenvalue weighted by atomic mass is 9.59. The van der Waals surface area contributed by atoms with Crippen LogP contribution < -0.4 is 29.1 Å². The fourth-order valence-corrected chi connectivity index (χ4v) is 13.6. The van der Waals surface area contributed by atoms with E-state index in [2.05, 4.69) is 98.8 Å². The van der Waals surface area contributed by atoms with Crippen LogP contribution in [-0.2, 0) is 22.0 Å². The smallest absolute Gasteiger partial charge is 0.293 e. The van der Waals surface area contributed by atoms with Crippen molar-refractivity contribution in [3.05, 3.63) is 135 Å². The Kier molecular flexibility index (Phi) is 13.8. The van der Waals surface area contributed by atoms with Crippen molar-refractivity contribution in [1.82, 2.24) is 24.5 Å². The number of carbonyl (C=O) groups excluding carboxylic acids is 1. The molecular weight excluding hydrogens is 997 g/mol. The summed E-state index contributed by atoms with van der Waals surface area (Å²) in [7, 11) is -2.88. The van der Waals surface area contributed by atoms with Crippen LogP contribution >= 0.6 is 0 Å². The van der Waals surface area contributed by atoms with Crippen molar-refractivity contribution >= 4 is 44.0 Å². The molecular formula is C59H70N8O9S. The summed E-state index contributed by atoms with van der Waals surface area (Å²) < 4.78 is 48.3. The van der Waals surface area contributed by atoms with Gasteiger partial charge < -0.3 is 34.5 Å². The normalized spacial score (nSPS) is 22.3. The van der Waals surface area contributed by atoms with E-state index in [1.807, 2.05) is 19.1 Å². The van der Waals surface area contributed by atoms with E-state index in [9.17, 15) is 28.4 Å². The minimum atomic E-state index is -4.60. The van der Waals surface area contributed by atoms with Crippen LogP contribution in [0.2, 0.25) is 0 Å². The predicted octanol–water partition coefficient (Wildman–Crippen LogP) is 10.1. The molecule has 77 heavy (non-hydrogen) atoms. The molecule has 2 saturated heterocycles. The van der Waals surface area contributed by atoms with Crippen LogP contribution in [0.4, 0.5) is 17.1 Å². The molecule has 1 amide bonds. The van der Waals surface area contributed by atoms with Gasteiger partial charge in [0, 0.05) is 104 Å². The molecule has 3 aliphatic heterocycles. The number of aromatic nitrogens is 2. The molecule has 2 saturated carbocycles. The highest BCUT2D eigenvalue weighted by atomic mass is 32.2. The molecule has 4 N–H and O–H groups in total. The molecule has 1 atom stereocenters. The van der Waals surface area contributed by atoms with E-state index in [0.717, 1.165) is 93.6 Å². The number of hydrogen-bond acceptors (Lipinski definition) is 14. The Labute approximate surface area is 450 Å². The van der Waals surface area contributed by atoms with Gasteiger partial charge in [0.2, 0.25) is 0 Å². The summed E-state index contributed by atoms with van der Waals surface area (Å²) in [4.78, 5) is 40.5. The Morgan fingerprint density at radius 3 is 2.52 bits per heavy atom. The zero-order chi connectivity index (χ0) is 54.0. The average molecular weight is 1070 g/mol. The quantitative estimate of drug-likeness (QED) is 0.0526. The number of methoxy groups -OCH3 is 1. The Morgan fingerprint density at radius 2 is 1.77 bits per heavy atom. The third-order valence-electron chi connectivity index (χ3n) is 17.0. The molecule has 5 aliphatic rings. The highest BCUT2D eigenvalue weighted by Crippen LogP contribution is 2.54. The van der Waals surface area contributed by atoms with Crippen LogP contribution in [0.1, 0.15) is 118 Å². The lowest BCUT2D eigenvalue weighted by Gasteiger charge is -2.63. The summed E-state index contributed by atoms with van der Waals surface area (Å²) in [6.45, 7) is 17.2. The lowest BCUT2D eigenvalue weighted by molar-refractivity contribution is -0.384. The number of nitro benzene ring substituents is 1. The molecule has 4 aromatic carbocycles. The summed E-state index contributed by atoms with van der Waals surface area (Å²) in [5, 5.41) is 26.5. The van der Waals surface area contributed by atoms with E-state index >= 15 is 0 Å². The number of nitrogens with zero attached hydrogens (tertiary/aromatic N) is 5. The minimum Gasteiger partial charge on any atom is -0.493 e. The molecule has 4 fully saturated rings. The van der Waals surface area contributed by atoms with Gasteiger partial charge in [-0.2, -0.15) is 0 Å². The second kappa shape index (κ2) is 20.2. The fourth-order valence-electron chi connectivity index (χ4n) is 12.6. The summed E-state index contributed by atoms with van der Waals surface area (Å²) in [6.07, 6.45) is 8.20. The fraction of sp³-hybridized carbons (Fsp3) is 0.458. The number of ether oxygens (including phenoxy) is 3. The second-order valence-electron chi connectivity index (χ2n) is 23.6. The van der Waals surface area contributed by atoms with Crippen molar-refractivity contribution in [2.75, 3.05) is 63.2 Å². The Morgan fingerprint density at radius 1 is 0.987 bits per heavy atom.